The van der Waals surface area contributed by atoms with Crippen molar-refractivity contribution < 1.29 is 8.42 Å². The van der Waals surface area contributed by atoms with Crippen LogP contribution in [-0.4, -0.2) is 51.8 Å². The second-order valence-electron chi connectivity index (χ2n) is 10.0. The van der Waals surface area contributed by atoms with Crippen molar-refractivity contribution in [2.75, 3.05) is 18.1 Å². The van der Waals surface area contributed by atoms with Crippen LogP contribution in [0, 0.1) is 10.7 Å². The molecule has 1 aromatic carbocycles. The molecule has 31 heavy (non-hydrogen) atoms. The maximum absolute atomic E-state index is 12.1. The summed E-state index contributed by atoms with van der Waals surface area (Å²) < 4.78 is 28.7. The number of aromatic nitrogens is 3. The molecule has 1 aliphatic rings. The Morgan fingerprint density at radius 3 is 2.35 bits per heavy atom. The fourth-order valence-corrected chi connectivity index (χ4v) is 6.25. The molecule has 1 aromatic heterocycles. The largest absolute Gasteiger partial charge is 0.300 e. The van der Waals surface area contributed by atoms with Gasteiger partial charge in [-0.2, -0.15) is 5.10 Å². The van der Waals surface area contributed by atoms with Crippen LogP contribution in [0.15, 0.2) is 24.3 Å². The van der Waals surface area contributed by atoms with Crippen LogP contribution in [0.25, 0.3) is 11.4 Å². The van der Waals surface area contributed by atoms with E-state index in [-0.39, 0.29) is 23.0 Å². The van der Waals surface area contributed by atoms with Gasteiger partial charge in [0, 0.05) is 24.7 Å². The van der Waals surface area contributed by atoms with Crippen molar-refractivity contribution in [2.45, 2.75) is 72.6 Å². The maximum Gasteiger partial charge on any atom is 0.199 e. The number of benzene rings is 1. The number of nitrogens with zero attached hydrogens (tertiary/aromatic N) is 4. The fourth-order valence-electron chi connectivity index (χ4n) is 4.18. The van der Waals surface area contributed by atoms with E-state index in [4.69, 9.17) is 17.3 Å². The van der Waals surface area contributed by atoms with Crippen LogP contribution in [0.2, 0.25) is 0 Å². The first-order chi connectivity index (χ1) is 14.4. The van der Waals surface area contributed by atoms with Gasteiger partial charge < -0.3 is 4.57 Å². The topological polar surface area (TPSA) is 60.1 Å². The van der Waals surface area contributed by atoms with E-state index in [2.05, 4.69) is 75.3 Å². The zero-order chi connectivity index (χ0) is 23.0. The molecule has 1 aliphatic heterocycles. The maximum atomic E-state index is 12.1. The Labute approximate surface area is 192 Å². The lowest BCUT2D eigenvalue weighted by molar-refractivity contribution is 0.137. The zero-order valence-corrected chi connectivity index (χ0v) is 21.3. The fraction of sp³-hybridized carbons (Fsp3) is 0.652. The molecule has 2 aromatic rings. The molecule has 1 atom stereocenters. The molecular weight excluding hydrogens is 428 g/mol. The van der Waals surface area contributed by atoms with E-state index in [1.165, 1.54) is 5.56 Å². The van der Waals surface area contributed by atoms with Crippen molar-refractivity contribution >= 4 is 22.1 Å². The predicted molar refractivity (Wildman–Crippen MR) is 129 cm³/mol. The molecular formula is C23H36N4O2S2. The number of sulfone groups is 1. The van der Waals surface area contributed by atoms with E-state index in [0.717, 1.165) is 24.5 Å². The quantitative estimate of drug-likeness (QED) is 0.565. The molecule has 6 nitrogen and oxygen atoms in total. The molecule has 8 heteroatoms. The molecule has 0 spiro atoms. The van der Waals surface area contributed by atoms with Crippen molar-refractivity contribution in [1.29, 1.82) is 0 Å². The summed E-state index contributed by atoms with van der Waals surface area (Å²) in [7, 11) is -2.95. The highest BCUT2D eigenvalue weighted by atomic mass is 32.2. The molecule has 0 unspecified atom stereocenters. The molecule has 0 saturated carbocycles. The Kier molecular flexibility index (Phi) is 7.13. The summed E-state index contributed by atoms with van der Waals surface area (Å²) in [5.41, 5.74) is 2.42. The van der Waals surface area contributed by atoms with Gasteiger partial charge in [0.1, 0.15) is 0 Å². The van der Waals surface area contributed by atoms with Crippen LogP contribution < -0.4 is 0 Å². The Bertz CT molecular complexity index is 1060. The smallest absolute Gasteiger partial charge is 0.199 e. The first-order valence-electron chi connectivity index (χ1n) is 11.1. The van der Waals surface area contributed by atoms with Crippen LogP contribution in [-0.2, 0) is 28.5 Å². The minimum Gasteiger partial charge on any atom is -0.300 e. The van der Waals surface area contributed by atoms with E-state index < -0.39 is 9.84 Å². The SMILES string of the molecule is CCn1c(-c2ccc(C(C)(C)C)cc2)nn(CN(CC(C)C)[C@H]2CCS(=O)(=O)C2)c1=S. The number of rotatable bonds is 7. The Balaban J connectivity index is 1.93. The van der Waals surface area contributed by atoms with Crippen molar-refractivity contribution in [2.24, 2.45) is 5.92 Å². The highest BCUT2D eigenvalue weighted by molar-refractivity contribution is 7.91. The standard InChI is InChI=1S/C23H36N4O2S2/c1-7-26-21(18-8-10-19(11-9-18)23(4,5)6)24-27(22(26)30)16-25(14-17(2)3)20-12-13-31(28,29)15-20/h8-11,17,20H,7,12-16H2,1-6H3/t20-/m0/s1. The molecule has 0 bridgehead atoms. The van der Waals surface area contributed by atoms with Crippen LogP contribution >= 0.6 is 12.2 Å². The van der Waals surface area contributed by atoms with E-state index in [1.807, 2.05) is 4.68 Å². The molecule has 1 saturated heterocycles. The average Bonchev–Trinajstić information content (AvgIpc) is 3.19. The highest BCUT2D eigenvalue weighted by Crippen LogP contribution is 2.26. The van der Waals surface area contributed by atoms with Gasteiger partial charge in [0.25, 0.3) is 0 Å². The van der Waals surface area contributed by atoms with E-state index in [0.29, 0.717) is 23.8 Å². The summed E-state index contributed by atoms with van der Waals surface area (Å²) in [6.45, 7) is 15.1. The third-order valence-corrected chi connectivity index (χ3v) is 8.07. The second kappa shape index (κ2) is 9.16. The van der Waals surface area contributed by atoms with Crippen molar-refractivity contribution in [3.8, 4) is 11.4 Å². The zero-order valence-electron chi connectivity index (χ0n) is 19.6. The third-order valence-electron chi connectivity index (χ3n) is 5.89. The van der Waals surface area contributed by atoms with Gasteiger partial charge in [-0.3, -0.25) is 4.90 Å². The summed E-state index contributed by atoms with van der Waals surface area (Å²) in [6.07, 6.45) is 0.679. The van der Waals surface area contributed by atoms with Gasteiger partial charge in [-0.05, 0) is 42.5 Å². The molecule has 0 radical (unpaired) electrons. The molecule has 1 fully saturated rings. The summed E-state index contributed by atoms with van der Waals surface area (Å²) in [6, 6.07) is 8.57. The van der Waals surface area contributed by atoms with Gasteiger partial charge in [0.05, 0.1) is 18.2 Å². The predicted octanol–water partition coefficient (Wildman–Crippen LogP) is 4.50. The van der Waals surface area contributed by atoms with Gasteiger partial charge in [-0.15, -0.1) is 0 Å². The number of hydrogen-bond acceptors (Lipinski definition) is 5. The lowest BCUT2D eigenvalue weighted by Gasteiger charge is -2.29. The summed E-state index contributed by atoms with van der Waals surface area (Å²) in [5, 5.41) is 4.88. The Hall–Kier alpha value is -1.51. The molecule has 172 valence electrons. The van der Waals surface area contributed by atoms with Crippen molar-refractivity contribution in [3.63, 3.8) is 0 Å². The summed E-state index contributed by atoms with van der Waals surface area (Å²) in [5.74, 6) is 1.78. The van der Waals surface area contributed by atoms with Crippen LogP contribution in [0.3, 0.4) is 0 Å². The minimum absolute atomic E-state index is 0.0237. The Morgan fingerprint density at radius 1 is 1.23 bits per heavy atom. The van der Waals surface area contributed by atoms with Crippen LogP contribution in [0.5, 0.6) is 0 Å². The number of hydrogen-bond donors (Lipinski definition) is 0. The lowest BCUT2D eigenvalue weighted by Crippen LogP contribution is -2.40. The van der Waals surface area contributed by atoms with E-state index in [9.17, 15) is 8.42 Å². The minimum atomic E-state index is -2.95. The van der Waals surface area contributed by atoms with Crippen molar-refractivity contribution in [1.82, 2.24) is 19.2 Å². The van der Waals surface area contributed by atoms with Crippen LogP contribution in [0.1, 0.15) is 53.5 Å². The van der Waals surface area contributed by atoms with Gasteiger partial charge in [-0.25, -0.2) is 13.1 Å². The molecule has 0 aliphatic carbocycles. The normalized spacial score (nSPS) is 18.9. The molecule has 2 heterocycles. The van der Waals surface area contributed by atoms with Gasteiger partial charge in [0.2, 0.25) is 0 Å². The van der Waals surface area contributed by atoms with Gasteiger partial charge >= 0.3 is 0 Å². The molecule has 3 rings (SSSR count). The van der Waals surface area contributed by atoms with Gasteiger partial charge in [-0.1, -0.05) is 58.9 Å². The molecule has 0 N–H and O–H groups in total. The van der Waals surface area contributed by atoms with Crippen LogP contribution in [0.4, 0.5) is 0 Å². The molecule has 0 amide bonds. The lowest BCUT2D eigenvalue weighted by atomic mass is 9.87. The summed E-state index contributed by atoms with van der Waals surface area (Å²) in [4.78, 5) is 2.24. The van der Waals surface area contributed by atoms with Gasteiger partial charge in [0.15, 0.2) is 20.4 Å². The first-order valence-corrected chi connectivity index (χ1v) is 13.4. The first kappa shape index (κ1) is 24.1. The third kappa shape index (κ3) is 5.65. The average molecular weight is 465 g/mol. The summed E-state index contributed by atoms with van der Waals surface area (Å²) >= 11 is 5.77. The van der Waals surface area contributed by atoms with E-state index >= 15 is 0 Å². The monoisotopic (exact) mass is 464 g/mol. The Morgan fingerprint density at radius 2 is 1.87 bits per heavy atom. The van der Waals surface area contributed by atoms with E-state index in [1.54, 1.807) is 0 Å². The highest BCUT2D eigenvalue weighted by Gasteiger charge is 2.33. The van der Waals surface area contributed by atoms with Crippen molar-refractivity contribution in [3.05, 3.63) is 34.6 Å². The second-order valence-corrected chi connectivity index (χ2v) is 12.6.